The van der Waals surface area contributed by atoms with Gasteiger partial charge in [-0.2, -0.15) is 13.8 Å². The van der Waals surface area contributed by atoms with Gasteiger partial charge in [0.1, 0.15) is 5.82 Å². The summed E-state index contributed by atoms with van der Waals surface area (Å²) >= 11 is 0. The molecule has 5 rings (SSSR count). The van der Waals surface area contributed by atoms with Crippen LogP contribution in [0, 0.1) is 0 Å². The zero-order chi connectivity index (χ0) is 22.6. The van der Waals surface area contributed by atoms with Crippen molar-refractivity contribution in [3.8, 4) is 17.0 Å². The molecule has 3 aliphatic rings. The first-order valence-electron chi connectivity index (χ1n) is 10.3. The molecule has 32 heavy (non-hydrogen) atoms. The standard InChI is InChI=1S/C20H22F4N6O2/c1-10-20(23,24)2-3-29(10)19-27-14(11-4-15(32-18(21)22)17(25)26-7-11)6-16(28-19)30-8-13-5-12(30)9-31-13/h4,6-7,10,12-13,18H,2-3,5,8-9H2,1H3,(H2,25,26). The highest BCUT2D eigenvalue weighted by atomic mass is 19.3. The molecule has 5 heterocycles. The van der Waals surface area contributed by atoms with E-state index >= 15 is 0 Å². The fourth-order valence-corrected chi connectivity index (χ4v) is 4.48. The van der Waals surface area contributed by atoms with Gasteiger partial charge in [0.05, 0.1) is 30.5 Å². The van der Waals surface area contributed by atoms with Crippen molar-refractivity contribution >= 4 is 17.6 Å². The molecule has 3 unspecified atom stereocenters. The van der Waals surface area contributed by atoms with Gasteiger partial charge in [0.25, 0.3) is 5.92 Å². The van der Waals surface area contributed by atoms with Crippen LogP contribution < -0.4 is 20.3 Å². The van der Waals surface area contributed by atoms with E-state index in [2.05, 4.69) is 24.6 Å². The van der Waals surface area contributed by atoms with Crippen LogP contribution in [-0.2, 0) is 4.74 Å². The molecule has 8 nitrogen and oxygen atoms in total. The number of nitrogen functional groups attached to an aromatic ring is 1. The lowest BCUT2D eigenvalue weighted by molar-refractivity contribution is -0.0494. The molecule has 0 aliphatic carbocycles. The summed E-state index contributed by atoms with van der Waals surface area (Å²) in [5.41, 5.74) is 6.36. The third-order valence-electron chi connectivity index (χ3n) is 6.31. The van der Waals surface area contributed by atoms with Gasteiger partial charge in [-0.3, -0.25) is 0 Å². The number of halogens is 4. The van der Waals surface area contributed by atoms with Crippen molar-refractivity contribution in [2.75, 3.05) is 35.2 Å². The molecule has 3 aliphatic heterocycles. The highest BCUT2D eigenvalue weighted by molar-refractivity contribution is 5.68. The fraction of sp³-hybridized carbons (Fsp3) is 0.550. The van der Waals surface area contributed by atoms with E-state index < -0.39 is 18.6 Å². The molecule has 2 aromatic heterocycles. The Labute approximate surface area is 181 Å². The van der Waals surface area contributed by atoms with Gasteiger partial charge in [0, 0.05) is 37.3 Å². The molecule has 2 aromatic rings. The normalized spacial score (nSPS) is 26.4. The van der Waals surface area contributed by atoms with E-state index in [4.69, 9.17) is 10.5 Å². The predicted octanol–water partition coefficient (Wildman–Crippen LogP) is 2.93. The Morgan fingerprint density at radius 3 is 2.69 bits per heavy atom. The number of nitrogens with two attached hydrogens (primary N) is 1. The van der Waals surface area contributed by atoms with Crippen molar-refractivity contribution in [1.29, 1.82) is 0 Å². The lowest BCUT2D eigenvalue weighted by atomic mass is 10.1. The topological polar surface area (TPSA) is 89.6 Å². The molecule has 3 saturated heterocycles. The summed E-state index contributed by atoms with van der Waals surface area (Å²) in [5, 5.41) is 0. The SMILES string of the molecule is CC1N(c2nc(-c3cnc(N)c(OC(F)F)c3)cc(N3CC4CC3CO4)n2)CCC1(F)F. The zero-order valence-corrected chi connectivity index (χ0v) is 17.2. The summed E-state index contributed by atoms with van der Waals surface area (Å²) in [7, 11) is 0. The van der Waals surface area contributed by atoms with E-state index in [9.17, 15) is 17.6 Å². The molecule has 0 spiro atoms. The van der Waals surface area contributed by atoms with Gasteiger partial charge in [-0.05, 0) is 19.4 Å². The zero-order valence-electron chi connectivity index (χ0n) is 17.2. The van der Waals surface area contributed by atoms with Crippen molar-refractivity contribution in [3.63, 3.8) is 0 Å². The molecule has 12 heteroatoms. The van der Waals surface area contributed by atoms with Gasteiger partial charge < -0.3 is 25.0 Å². The minimum Gasteiger partial charge on any atom is -0.431 e. The summed E-state index contributed by atoms with van der Waals surface area (Å²) in [5.74, 6) is -2.61. The predicted molar refractivity (Wildman–Crippen MR) is 108 cm³/mol. The maximum absolute atomic E-state index is 14.2. The van der Waals surface area contributed by atoms with Gasteiger partial charge >= 0.3 is 6.61 Å². The molecule has 0 radical (unpaired) electrons. The van der Waals surface area contributed by atoms with Crippen LogP contribution in [0.4, 0.5) is 35.1 Å². The van der Waals surface area contributed by atoms with E-state index in [0.29, 0.717) is 30.2 Å². The van der Waals surface area contributed by atoms with E-state index in [1.165, 1.54) is 24.1 Å². The summed E-state index contributed by atoms with van der Waals surface area (Å²) in [4.78, 5) is 16.6. The first-order chi connectivity index (χ1) is 15.2. The Morgan fingerprint density at radius 2 is 2.06 bits per heavy atom. The van der Waals surface area contributed by atoms with Crippen LogP contribution in [-0.4, -0.2) is 65.4 Å². The third kappa shape index (κ3) is 3.65. The van der Waals surface area contributed by atoms with Crippen molar-refractivity contribution in [2.24, 2.45) is 0 Å². The summed E-state index contributed by atoms with van der Waals surface area (Å²) < 4.78 is 64.0. The van der Waals surface area contributed by atoms with Crippen LogP contribution in [0.15, 0.2) is 18.3 Å². The van der Waals surface area contributed by atoms with E-state index in [1.54, 1.807) is 6.07 Å². The monoisotopic (exact) mass is 454 g/mol. The molecule has 0 amide bonds. The Kier molecular flexibility index (Phi) is 4.99. The average Bonchev–Trinajstić information content (AvgIpc) is 3.44. The molecule has 0 saturated carbocycles. The molecular formula is C20H22F4N6O2. The van der Waals surface area contributed by atoms with Crippen molar-refractivity contribution in [1.82, 2.24) is 15.0 Å². The number of fused-ring (bicyclic) bond motifs is 2. The van der Waals surface area contributed by atoms with Crippen molar-refractivity contribution in [3.05, 3.63) is 18.3 Å². The maximum Gasteiger partial charge on any atom is 0.387 e. The maximum atomic E-state index is 14.2. The summed E-state index contributed by atoms with van der Waals surface area (Å²) in [6, 6.07) is 2.07. The lowest BCUT2D eigenvalue weighted by Crippen LogP contribution is -2.39. The number of morpholine rings is 1. The first kappa shape index (κ1) is 21.0. The van der Waals surface area contributed by atoms with Gasteiger partial charge in [-0.25, -0.2) is 18.7 Å². The van der Waals surface area contributed by atoms with Gasteiger partial charge in [0.2, 0.25) is 5.95 Å². The quantitative estimate of drug-likeness (QED) is 0.690. The Hall–Kier alpha value is -2.89. The number of ether oxygens (including phenoxy) is 2. The second-order valence-electron chi connectivity index (χ2n) is 8.27. The lowest BCUT2D eigenvalue weighted by Gasteiger charge is -2.30. The Bertz CT molecular complexity index is 1030. The Balaban J connectivity index is 1.57. The number of rotatable bonds is 5. The summed E-state index contributed by atoms with van der Waals surface area (Å²) in [6.45, 7) is -0.336. The minimum atomic E-state index is -3.07. The molecule has 2 N–H and O–H groups in total. The number of anilines is 3. The minimum absolute atomic E-state index is 0.0983. The smallest absolute Gasteiger partial charge is 0.387 e. The van der Waals surface area contributed by atoms with Crippen LogP contribution in [0.25, 0.3) is 11.3 Å². The fourth-order valence-electron chi connectivity index (χ4n) is 4.48. The molecule has 2 bridgehead atoms. The van der Waals surface area contributed by atoms with Crippen LogP contribution >= 0.6 is 0 Å². The highest BCUT2D eigenvalue weighted by Gasteiger charge is 2.47. The Morgan fingerprint density at radius 1 is 1.25 bits per heavy atom. The van der Waals surface area contributed by atoms with Crippen molar-refractivity contribution < 1.29 is 27.0 Å². The molecule has 3 atom stereocenters. The number of aromatic nitrogens is 3. The van der Waals surface area contributed by atoms with E-state index in [-0.39, 0.29) is 42.6 Å². The van der Waals surface area contributed by atoms with Crippen LogP contribution in [0.5, 0.6) is 5.75 Å². The van der Waals surface area contributed by atoms with Crippen LogP contribution in [0.1, 0.15) is 19.8 Å². The first-order valence-corrected chi connectivity index (χ1v) is 10.3. The third-order valence-corrected chi connectivity index (χ3v) is 6.31. The van der Waals surface area contributed by atoms with Crippen LogP contribution in [0.2, 0.25) is 0 Å². The van der Waals surface area contributed by atoms with Gasteiger partial charge in [-0.15, -0.1) is 0 Å². The second kappa shape index (κ2) is 7.61. The van der Waals surface area contributed by atoms with Crippen LogP contribution in [0.3, 0.4) is 0 Å². The highest BCUT2D eigenvalue weighted by Crippen LogP contribution is 2.39. The molecule has 3 fully saturated rings. The molecule has 0 aromatic carbocycles. The van der Waals surface area contributed by atoms with Gasteiger partial charge in [-0.1, -0.05) is 0 Å². The molecular weight excluding hydrogens is 432 g/mol. The number of hydrogen-bond acceptors (Lipinski definition) is 8. The van der Waals surface area contributed by atoms with Crippen molar-refractivity contribution in [2.45, 2.75) is 50.5 Å². The van der Waals surface area contributed by atoms with Gasteiger partial charge in [0.15, 0.2) is 11.6 Å². The number of nitrogens with zero attached hydrogens (tertiary/aromatic N) is 5. The van der Waals surface area contributed by atoms with E-state index in [1.807, 2.05) is 0 Å². The number of pyridine rings is 1. The summed E-state index contributed by atoms with van der Waals surface area (Å²) in [6.07, 6.45) is 2.05. The number of alkyl halides is 4. The second-order valence-corrected chi connectivity index (χ2v) is 8.27. The average molecular weight is 454 g/mol. The van der Waals surface area contributed by atoms with E-state index in [0.717, 1.165) is 6.42 Å². The largest absolute Gasteiger partial charge is 0.431 e. The number of hydrogen-bond donors (Lipinski definition) is 1. The molecule has 172 valence electrons.